The maximum atomic E-state index is 11.9. The molecule has 0 unspecified atom stereocenters. The number of rotatable bonds is 7. The Morgan fingerprint density at radius 3 is 2.67 bits per heavy atom. The van der Waals surface area contributed by atoms with Gasteiger partial charge in [0.25, 0.3) is 0 Å². The Bertz CT molecular complexity index is 497. The fourth-order valence-corrected chi connectivity index (χ4v) is 2.46. The van der Waals surface area contributed by atoms with Crippen LogP contribution in [-0.4, -0.2) is 36.1 Å². The molecule has 0 fully saturated rings. The molecule has 1 aromatic heterocycles. The van der Waals surface area contributed by atoms with Crippen LogP contribution in [0.2, 0.25) is 0 Å². The second kappa shape index (κ2) is 7.40. The van der Waals surface area contributed by atoms with Gasteiger partial charge in [0.2, 0.25) is 5.91 Å². The molecule has 6 nitrogen and oxygen atoms in total. The number of nitrogens with zero attached hydrogens (tertiary/aromatic N) is 1. The van der Waals surface area contributed by atoms with Crippen LogP contribution >= 0.6 is 11.3 Å². The minimum atomic E-state index is -0.799. The number of nitrogens with one attached hydrogen (secondary N) is 2. The van der Waals surface area contributed by atoms with E-state index in [0.29, 0.717) is 17.4 Å². The average molecular weight is 313 g/mol. The van der Waals surface area contributed by atoms with Crippen molar-refractivity contribution in [3.05, 3.63) is 11.1 Å². The van der Waals surface area contributed by atoms with Crippen LogP contribution in [0.5, 0.6) is 0 Å². The first kappa shape index (κ1) is 17.4. The number of carbonyl (C=O) groups excluding carboxylic acids is 2. The first-order valence-electron chi connectivity index (χ1n) is 6.93. The second-order valence-corrected chi connectivity index (χ2v) is 6.32. The first-order valence-corrected chi connectivity index (χ1v) is 7.81. The SMILES string of the molecule is CCOC(=O)C(C)(C)c1csc(NCC(=O)NC(C)C)n1. The van der Waals surface area contributed by atoms with Gasteiger partial charge in [-0.1, -0.05) is 0 Å². The fraction of sp³-hybridized carbons (Fsp3) is 0.643. The van der Waals surface area contributed by atoms with E-state index in [1.165, 1.54) is 11.3 Å². The molecule has 21 heavy (non-hydrogen) atoms. The monoisotopic (exact) mass is 313 g/mol. The van der Waals surface area contributed by atoms with Gasteiger partial charge >= 0.3 is 5.97 Å². The summed E-state index contributed by atoms with van der Waals surface area (Å²) in [6.07, 6.45) is 0. The van der Waals surface area contributed by atoms with E-state index < -0.39 is 5.41 Å². The van der Waals surface area contributed by atoms with Gasteiger partial charge in [-0.15, -0.1) is 11.3 Å². The summed E-state index contributed by atoms with van der Waals surface area (Å²) in [5, 5.41) is 8.16. The number of ether oxygens (including phenoxy) is 1. The van der Waals surface area contributed by atoms with Crippen molar-refractivity contribution in [1.82, 2.24) is 10.3 Å². The maximum Gasteiger partial charge on any atom is 0.317 e. The van der Waals surface area contributed by atoms with E-state index in [9.17, 15) is 9.59 Å². The molecule has 0 aliphatic carbocycles. The van der Waals surface area contributed by atoms with E-state index in [1.807, 2.05) is 13.8 Å². The van der Waals surface area contributed by atoms with Gasteiger partial charge in [0.05, 0.1) is 18.8 Å². The van der Waals surface area contributed by atoms with Gasteiger partial charge in [-0.2, -0.15) is 0 Å². The van der Waals surface area contributed by atoms with Crippen LogP contribution in [0.25, 0.3) is 0 Å². The minimum Gasteiger partial charge on any atom is -0.465 e. The molecule has 0 aliphatic rings. The highest BCUT2D eigenvalue weighted by Crippen LogP contribution is 2.28. The van der Waals surface area contributed by atoms with Crippen LogP contribution in [0.4, 0.5) is 5.13 Å². The Morgan fingerprint density at radius 2 is 2.10 bits per heavy atom. The molecule has 1 amide bonds. The van der Waals surface area contributed by atoms with E-state index in [-0.39, 0.29) is 24.5 Å². The van der Waals surface area contributed by atoms with Gasteiger partial charge in [-0.05, 0) is 34.6 Å². The topological polar surface area (TPSA) is 80.3 Å². The lowest BCUT2D eigenvalue weighted by Crippen LogP contribution is -2.35. The number of hydrogen-bond donors (Lipinski definition) is 2. The summed E-state index contributed by atoms with van der Waals surface area (Å²) < 4.78 is 5.05. The van der Waals surface area contributed by atoms with Crippen molar-refractivity contribution in [2.24, 2.45) is 0 Å². The summed E-state index contributed by atoms with van der Waals surface area (Å²) in [6.45, 7) is 9.63. The van der Waals surface area contributed by atoms with Crippen LogP contribution in [0.15, 0.2) is 5.38 Å². The number of anilines is 1. The van der Waals surface area contributed by atoms with Crippen LogP contribution in [0.1, 0.15) is 40.3 Å². The Kier molecular flexibility index (Phi) is 6.14. The lowest BCUT2D eigenvalue weighted by Gasteiger charge is -2.19. The molecule has 1 aromatic rings. The zero-order valence-electron chi connectivity index (χ0n) is 13.1. The Hall–Kier alpha value is -1.63. The molecule has 0 saturated carbocycles. The molecule has 0 aromatic carbocycles. The smallest absolute Gasteiger partial charge is 0.317 e. The number of carbonyl (C=O) groups is 2. The normalized spacial score (nSPS) is 11.3. The van der Waals surface area contributed by atoms with Gasteiger partial charge in [0, 0.05) is 11.4 Å². The van der Waals surface area contributed by atoms with E-state index in [2.05, 4.69) is 15.6 Å². The quantitative estimate of drug-likeness (QED) is 0.752. The fourth-order valence-electron chi connectivity index (χ4n) is 1.59. The number of thiazole rings is 1. The standard InChI is InChI=1S/C14H23N3O3S/c1-6-20-12(19)14(4,5)10-8-21-13(17-10)15-7-11(18)16-9(2)3/h8-9H,6-7H2,1-5H3,(H,15,17)(H,16,18). The van der Waals surface area contributed by atoms with Crippen molar-refractivity contribution in [3.8, 4) is 0 Å². The average Bonchev–Trinajstić information content (AvgIpc) is 2.85. The summed E-state index contributed by atoms with van der Waals surface area (Å²) in [6, 6.07) is 0.105. The van der Waals surface area contributed by atoms with Crippen molar-refractivity contribution < 1.29 is 14.3 Å². The highest BCUT2D eigenvalue weighted by molar-refractivity contribution is 7.13. The van der Waals surface area contributed by atoms with Crippen molar-refractivity contribution in [1.29, 1.82) is 0 Å². The van der Waals surface area contributed by atoms with Crippen LogP contribution in [0.3, 0.4) is 0 Å². The molecular formula is C14H23N3O3S. The molecular weight excluding hydrogens is 290 g/mol. The van der Waals surface area contributed by atoms with Crippen LogP contribution < -0.4 is 10.6 Å². The maximum absolute atomic E-state index is 11.9. The highest BCUT2D eigenvalue weighted by atomic mass is 32.1. The summed E-state index contributed by atoms with van der Waals surface area (Å²) in [5.41, 5.74) is -0.162. The molecule has 0 saturated heterocycles. The zero-order valence-corrected chi connectivity index (χ0v) is 14.0. The lowest BCUT2D eigenvalue weighted by atomic mass is 9.90. The van der Waals surface area contributed by atoms with Gasteiger partial charge in [-0.25, -0.2) is 4.98 Å². The van der Waals surface area contributed by atoms with Gasteiger partial charge in [0.15, 0.2) is 5.13 Å². The van der Waals surface area contributed by atoms with Crippen LogP contribution in [-0.2, 0) is 19.7 Å². The van der Waals surface area contributed by atoms with E-state index in [0.717, 1.165) is 0 Å². The molecule has 1 heterocycles. The van der Waals surface area contributed by atoms with Gasteiger partial charge < -0.3 is 15.4 Å². The molecule has 0 aliphatic heterocycles. The summed E-state index contributed by atoms with van der Waals surface area (Å²) in [7, 11) is 0. The second-order valence-electron chi connectivity index (χ2n) is 5.46. The molecule has 2 N–H and O–H groups in total. The number of aromatic nitrogens is 1. The predicted octanol–water partition coefficient (Wildman–Crippen LogP) is 1.92. The lowest BCUT2D eigenvalue weighted by molar-refractivity contribution is -0.148. The third-order valence-electron chi connectivity index (χ3n) is 2.78. The zero-order chi connectivity index (χ0) is 16.0. The molecule has 0 bridgehead atoms. The van der Waals surface area contributed by atoms with Gasteiger partial charge in [0.1, 0.15) is 5.41 Å². The summed E-state index contributed by atoms with van der Waals surface area (Å²) in [5.74, 6) is -0.397. The predicted molar refractivity (Wildman–Crippen MR) is 83.5 cm³/mol. The first-order chi connectivity index (χ1) is 9.77. The van der Waals surface area contributed by atoms with Crippen molar-refractivity contribution in [3.63, 3.8) is 0 Å². The summed E-state index contributed by atoms with van der Waals surface area (Å²) in [4.78, 5) is 27.8. The van der Waals surface area contributed by atoms with Crippen molar-refractivity contribution in [2.45, 2.75) is 46.1 Å². The molecule has 118 valence electrons. The third-order valence-corrected chi connectivity index (χ3v) is 3.58. The summed E-state index contributed by atoms with van der Waals surface area (Å²) >= 11 is 1.36. The number of amides is 1. The highest BCUT2D eigenvalue weighted by Gasteiger charge is 2.33. The Morgan fingerprint density at radius 1 is 1.43 bits per heavy atom. The van der Waals surface area contributed by atoms with Crippen molar-refractivity contribution >= 4 is 28.3 Å². The third kappa shape index (κ3) is 5.00. The van der Waals surface area contributed by atoms with E-state index >= 15 is 0 Å². The van der Waals surface area contributed by atoms with E-state index in [1.54, 1.807) is 26.2 Å². The van der Waals surface area contributed by atoms with Crippen LogP contribution in [0, 0.1) is 0 Å². The number of hydrogen-bond acceptors (Lipinski definition) is 6. The molecule has 0 atom stereocenters. The molecule has 0 spiro atoms. The molecule has 0 radical (unpaired) electrons. The molecule has 7 heteroatoms. The number of esters is 1. The molecule has 1 rings (SSSR count). The minimum absolute atomic E-state index is 0.0913. The largest absolute Gasteiger partial charge is 0.465 e. The van der Waals surface area contributed by atoms with E-state index in [4.69, 9.17) is 4.74 Å². The van der Waals surface area contributed by atoms with Crippen molar-refractivity contribution in [2.75, 3.05) is 18.5 Å². The Balaban J connectivity index is 2.64. The van der Waals surface area contributed by atoms with Gasteiger partial charge in [-0.3, -0.25) is 9.59 Å². The Labute approximate surface area is 129 Å².